The van der Waals surface area contributed by atoms with Gasteiger partial charge in [-0.05, 0) is 47.2 Å². The van der Waals surface area contributed by atoms with E-state index in [2.05, 4.69) is 42.6 Å². The first-order valence-corrected chi connectivity index (χ1v) is 9.05. The molecule has 0 radical (unpaired) electrons. The van der Waals surface area contributed by atoms with E-state index in [4.69, 9.17) is 0 Å². The average molecular weight is 357 g/mol. The van der Waals surface area contributed by atoms with Gasteiger partial charge in [0.25, 0.3) is 0 Å². The molecule has 0 aliphatic heterocycles. The minimum atomic E-state index is -0.263. The summed E-state index contributed by atoms with van der Waals surface area (Å²) in [5, 5.41) is 2.28. The zero-order chi connectivity index (χ0) is 19.0. The van der Waals surface area contributed by atoms with Crippen LogP contribution in [0, 0.1) is 5.82 Å². The molecule has 2 aromatic heterocycles. The Morgan fingerprint density at radius 3 is 2.44 bits per heavy atom. The highest BCUT2D eigenvalue weighted by atomic mass is 19.1. The van der Waals surface area contributed by atoms with Crippen LogP contribution in [0.4, 0.5) is 4.39 Å². The molecular weight excluding hydrogens is 337 g/mol. The Kier molecular flexibility index (Phi) is 4.36. The van der Waals surface area contributed by atoms with E-state index in [1.807, 2.05) is 18.2 Å². The van der Waals surface area contributed by atoms with Crippen molar-refractivity contribution in [3.05, 3.63) is 83.9 Å². The minimum absolute atomic E-state index is 0.249. The van der Waals surface area contributed by atoms with Crippen molar-refractivity contribution in [2.45, 2.75) is 19.8 Å². The van der Waals surface area contributed by atoms with Gasteiger partial charge in [0.05, 0.1) is 5.52 Å². The Morgan fingerprint density at radius 1 is 1.00 bits per heavy atom. The first-order chi connectivity index (χ1) is 13.1. The Hall–Kier alpha value is -3.20. The molecule has 2 nitrogen and oxygen atoms in total. The molecule has 0 bridgehead atoms. The van der Waals surface area contributed by atoms with Gasteiger partial charge < -0.3 is 4.40 Å². The first kappa shape index (κ1) is 17.2. The van der Waals surface area contributed by atoms with Gasteiger partial charge in [-0.2, -0.15) is 0 Å². The topological polar surface area (TPSA) is 21.5 Å². The Balaban J connectivity index is 2.23. The van der Waals surface area contributed by atoms with E-state index in [9.17, 15) is 9.18 Å². The molecule has 3 heteroatoms. The second-order valence-electron chi connectivity index (χ2n) is 6.95. The molecule has 134 valence electrons. The van der Waals surface area contributed by atoms with Gasteiger partial charge in [-0.1, -0.05) is 50.2 Å². The third-order valence-corrected chi connectivity index (χ3v) is 4.92. The highest BCUT2D eigenvalue weighted by molar-refractivity contribution is 6.06. The number of benzene rings is 2. The quantitative estimate of drug-likeness (QED) is 0.313. The molecule has 0 unspecified atom stereocenters. The van der Waals surface area contributed by atoms with E-state index in [0.29, 0.717) is 0 Å². The van der Waals surface area contributed by atoms with Gasteiger partial charge in [-0.15, -0.1) is 0 Å². The number of pyridine rings is 1. The fourth-order valence-electron chi connectivity index (χ4n) is 3.86. The van der Waals surface area contributed by atoms with Crippen LogP contribution in [0.2, 0.25) is 0 Å². The van der Waals surface area contributed by atoms with Crippen LogP contribution >= 0.6 is 0 Å². The summed E-state index contributed by atoms with van der Waals surface area (Å²) in [7, 11) is 0. The van der Waals surface area contributed by atoms with Gasteiger partial charge in [0.15, 0.2) is 0 Å². The monoisotopic (exact) mass is 357 g/mol. The van der Waals surface area contributed by atoms with Crippen molar-refractivity contribution in [3.63, 3.8) is 0 Å². The maximum atomic E-state index is 13.5. The van der Waals surface area contributed by atoms with Crippen LogP contribution in [0.5, 0.6) is 0 Å². The van der Waals surface area contributed by atoms with Crippen molar-refractivity contribution in [3.8, 4) is 11.1 Å². The lowest BCUT2D eigenvalue weighted by molar-refractivity contribution is -0.104. The second-order valence-corrected chi connectivity index (χ2v) is 6.95. The number of carbonyl (C=O) groups is 1. The number of fused-ring (bicyclic) bond motifs is 3. The Labute approximate surface area is 157 Å². The molecule has 0 N–H and O–H groups in total. The predicted molar refractivity (Wildman–Crippen MR) is 109 cm³/mol. The molecule has 0 saturated heterocycles. The van der Waals surface area contributed by atoms with Gasteiger partial charge in [0, 0.05) is 28.4 Å². The number of aldehydes is 1. The average Bonchev–Trinajstić information content (AvgIpc) is 3.01. The van der Waals surface area contributed by atoms with Crippen molar-refractivity contribution in [2.75, 3.05) is 0 Å². The zero-order valence-electron chi connectivity index (χ0n) is 15.3. The SMILES string of the molecule is CC(C)c1c(/C=C/C=O)c(-c2ccc(F)cc2)c2c3ccccc3ccn12. The van der Waals surface area contributed by atoms with Gasteiger partial charge >= 0.3 is 0 Å². The van der Waals surface area contributed by atoms with Crippen molar-refractivity contribution in [1.29, 1.82) is 0 Å². The van der Waals surface area contributed by atoms with Crippen LogP contribution in [-0.4, -0.2) is 10.7 Å². The molecule has 4 aromatic rings. The third kappa shape index (κ3) is 2.85. The van der Waals surface area contributed by atoms with Crippen molar-refractivity contribution in [1.82, 2.24) is 4.40 Å². The summed E-state index contributed by atoms with van der Waals surface area (Å²) in [4.78, 5) is 11.0. The van der Waals surface area contributed by atoms with E-state index >= 15 is 0 Å². The Morgan fingerprint density at radius 2 is 1.74 bits per heavy atom. The van der Waals surface area contributed by atoms with Crippen LogP contribution in [0.25, 0.3) is 33.5 Å². The number of allylic oxidation sites excluding steroid dienone is 1. The molecule has 4 rings (SSSR count). The Bertz CT molecular complexity index is 1170. The molecule has 2 heterocycles. The number of nitrogens with zero attached hydrogens (tertiary/aromatic N) is 1. The third-order valence-electron chi connectivity index (χ3n) is 4.92. The zero-order valence-corrected chi connectivity index (χ0v) is 15.3. The number of halogens is 1. The molecule has 0 saturated carbocycles. The van der Waals surface area contributed by atoms with Gasteiger partial charge in [-0.25, -0.2) is 4.39 Å². The number of carbonyl (C=O) groups excluding carboxylic acids is 1. The standard InChI is InChI=1S/C24H20FNO/c1-16(2)23-21(8-5-15-27)22(18-9-11-19(25)12-10-18)24-20-7-4-3-6-17(20)13-14-26(23)24/h3-16H,1-2H3/b8-5+. The van der Waals surface area contributed by atoms with Crippen molar-refractivity contribution in [2.24, 2.45) is 0 Å². The van der Waals surface area contributed by atoms with E-state index in [0.717, 1.165) is 45.0 Å². The molecule has 0 spiro atoms. The number of aromatic nitrogens is 1. The van der Waals surface area contributed by atoms with Crippen molar-refractivity contribution >= 4 is 28.7 Å². The van der Waals surface area contributed by atoms with Crippen LogP contribution in [-0.2, 0) is 4.79 Å². The predicted octanol–water partition coefficient (Wildman–Crippen LogP) is 6.23. The number of rotatable bonds is 4. The van der Waals surface area contributed by atoms with E-state index in [1.54, 1.807) is 12.1 Å². The lowest BCUT2D eigenvalue weighted by Gasteiger charge is -2.09. The molecule has 0 atom stereocenters. The summed E-state index contributed by atoms with van der Waals surface area (Å²) in [6, 6.07) is 16.9. The minimum Gasteiger partial charge on any atom is -0.319 e. The lowest BCUT2D eigenvalue weighted by Crippen LogP contribution is -1.96. The largest absolute Gasteiger partial charge is 0.319 e. The van der Waals surface area contributed by atoms with Gasteiger partial charge in [-0.3, -0.25) is 4.79 Å². The summed E-state index contributed by atoms with van der Waals surface area (Å²) in [6.07, 6.45) is 6.26. The molecule has 27 heavy (non-hydrogen) atoms. The summed E-state index contributed by atoms with van der Waals surface area (Å²) < 4.78 is 15.7. The number of hydrogen-bond acceptors (Lipinski definition) is 1. The molecule has 0 aliphatic carbocycles. The summed E-state index contributed by atoms with van der Waals surface area (Å²) in [6.45, 7) is 4.29. The smallest absolute Gasteiger partial charge is 0.142 e. The number of hydrogen-bond donors (Lipinski definition) is 0. The summed E-state index contributed by atoms with van der Waals surface area (Å²) >= 11 is 0. The lowest BCUT2D eigenvalue weighted by atomic mass is 9.96. The fourth-order valence-corrected chi connectivity index (χ4v) is 3.86. The molecule has 2 aromatic carbocycles. The second kappa shape index (κ2) is 6.84. The molecule has 0 amide bonds. The maximum absolute atomic E-state index is 13.5. The van der Waals surface area contributed by atoms with E-state index < -0.39 is 0 Å². The highest BCUT2D eigenvalue weighted by Gasteiger charge is 2.21. The van der Waals surface area contributed by atoms with E-state index in [1.165, 1.54) is 18.2 Å². The normalized spacial score (nSPS) is 11.9. The van der Waals surface area contributed by atoms with Gasteiger partial charge in [0.1, 0.15) is 12.1 Å². The molecule has 0 aliphatic rings. The first-order valence-electron chi connectivity index (χ1n) is 9.05. The van der Waals surface area contributed by atoms with Gasteiger partial charge in [0.2, 0.25) is 0 Å². The maximum Gasteiger partial charge on any atom is 0.142 e. The fraction of sp³-hybridized carbons (Fsp3) is 0.125. The van der Waals surface area contributed by atoms with Crippen LogP contribution < -0.4 is 0 Å². The van der Waals surface area contributed by atoms with Crippen LogP contribution in [0.1, 0.15) is 31.0 Å². The van der Waals surface area contributed by atoms with Crippen molar-refractivity contribution < 1.29 is 9.18 Å². The van der Waals surface area contributed by atoms with Crippen LogP contribution in [0.15, 0.2) is 66.9 Å². The summed E-state index contributed by atoms with van der Waals surface area (Å²) in [5.41, 5.74) is 5.17. The van der Waals surface area contributed by atoms with Crippen LogP contribution in [0.3, 0.4) is 0 Å². The highest BCUT2D eigenvalue weighted by Crippen LogP contribution is 2.40. The summed E-state index contributed by atoms with van der Waals surface area (Å²) in [5.74, 6) is -0.0136. The molecule has 0 fully saturated rings. The van der Waals surface area contributed by atoms with E-state index in [-0.39, 0.29) is 11.7 Å². The molecular formula is C24H20FNO.